The average molecular weight is 812 g/mol. The van der Waals surface area contributed by atoms with Crippen LogP contribution in [-0.2, 0) is 14.4 Å². The van der Waals surface area contributed by atoms with Crippen LogP contribution in [0.4, 0.5) is 0 Å². The number of nitrogens with one attached hydrogen (secondary N) is 5. The van der Waals surface area contributed by atoms with Crippen LogP contribution in [-0.4, -0.2) is 98.0 Å². The van der Waals surface area contributed by atoms with E-state index in [-0.39, 0.29) is 54.6 Å². The van der Waals surface area contributed by atoms with Crippen molar-refractivity contribution in [1.29, 1.82) is 0 Å². The first-order valence-corrected chi connectivity index (χ1v) is 21.4. The van der Waals surface area contributed by atoms with Gasteiger partial charge in [-0.15, -0.1) is 0 Å². The number of aliphatic hydroxyl groups excluding tert-OH is 1. The van der Waals surface area contributed by atoms with Gasteiger partial charge in [0.25, 0.3) is 0 Å². The number of rotatable bonds is 34. The molecule has 3 aromatic rings. The first kappa shape index (κ1) is 48.5. The fourth-order valence-corrected chi connectivity index (χ4v) is 6.61. The Morgan fingerprint density at radius 2 is 0.881 bits per heavy atom. The molecule has 0 heterocycles. The van der Waals surface area contributed by atoms with Crippen LogP contribution in [0.25, 0.3) is 0 Å². The Balaban J connectivity index is 1.53. The summed E-state index contributed by atoms with van der Waals surface area (Å²) in [6, 6.07) is 25.6. The van der Waals surface area contributed by atoms with Gasteiger partial charge in [-0.25, -0.2) is 0 Å². The van der Waals surface area contributed by atoms with Crippen LogP contribution >= 0.6 is 0 Å². The predicted molar refractivity (Wildman–Crippen MR) is 232 cm³/mol. The Morgan fingerprint density at radius 1 is 0.458 bits per heavy atom. The third kappa shape index (κ3) is 21.1. The van der Waals surface area contributed by atoms with Crippen LogP contribution in [0, 0.1) is 0 Å². The molecule has 320 valence electrons. The minimum Gasteiger partial charge on any atom is -0.389 e. The molecule has 0 aliphatic carbocycles. The summed E-state index contributed by atoms with van der Waals surface area (Å²) < 4.78 is 0. The molecule has 6 N–H and O–H groups in total. The number of ketones is 4. The van der Waals surface area contributed by atoms with Crippen molar-refractivity contribution in [3.05, 3.63) is 108 Å². The van der Waals surface area contributed by atoms with Gasteiger partial charge >= 0.3 is 0 Å². The topological polar surface area (TPSA) is 183 Å². The molecule has 3 rings (SSSR count). The molecule has 0 bridgehead atoms. The van der Waals surface area contributed by atoms with Crippen LogP contribution in [0.1, 0.15) is 121 Å². The second-order valence-corrected chi connectivity index (χ2v) is 14.9. The van der Waals surface area contributed by atoms with Crippen LogP contribution in [0.5, 0.6) is 0 Å². The molecule has 2 amide bonds. The van der Waals surface area contributed by atoms with Crippen molar-refractivity contribution in [1.82, 2.24) is 26.6 Å². The van der Waals surface area contributed by atoms with Crippen LogP contribution in [0.2, 0.25) is 0 Å². The van der Waals surface area contributed by atoms with E-state index in [1.54, 1.807) is 48.5 Å². The maximum absolute atomic E-state index is 13.9. The van der Waals surface area contributed by atoms with Crippen molar-refractivity contribution in [2.24, 2.45) is 0 Å². The standard InChI is InChI=1S/C47H65N5O7/c53-36-40(54)27-15-4-2-1-3-5-18-32-50-46(58)42(29-17-20-31-49-34-44(56)38-23-11-7-12-24-38)52-47(59)41(51-35-45(57)39-25-13-8-14-26-39)28-16-19-30-48-33-43(55)37-21-9-6-10-22-37/h6-14,21-26,41-42,48-49,51,53H,1-5,15-20,27-36H2,(H,50,58)(H,52,59). The quantitative estimate of drug-likeness (QED) is 0.0338. The Labute approximate surface area is 350 Å². The van der Waals surface area contributed by atoms with E-state index >= 15 is 0 Å². The number of Topliss-reactive ketones (excluding diaryl/α,β-unsaturated/α-hetero) is 4. The van der Waals surface area contributed by atoms with Crippen molar-refractivity contribution >= 4 is 34.9 Å². The summed E-state index contributed by atoms with van der Waals surface area (Å²) in [5, 5.41) is 24.4. The number of carbonyl (C=O) groups excluding carboxylic acids is 6. The molecule has 59 heavy (non-hydrogen) atoms. The van der Waals surface area contributed by atoms with Crippen molar-refractivity contribution < 1.29 is 33.9 Å². The molecule has 12 nitrogen and oxygen atoms in total. The van der Waals surface area contributed by atoms with E-state index in [0.29, 0.717) is 81.3 Å². The summed E-state index contributed by atoms with van der Waals surface area (Å²) in [5.74, 6) is -0.869. The maximum atomic E-state index is 13.9. The molecule has 0 spiro atoms. The fourth-order valence-electron chi connectivity index (χ4n) is 6.61. The van der Waals surface area contributed by atoms with Crippen molar-refractivity contribution in [3.8, 4) is 0 Å². The van der Waals surface area contributed by atoms with Gasteiger partial charge in [-0.2, -0.15) is 0 Å². The lowest BCUT2D eigenvalue weighted by molar-refractivity contribution is -0.130. The van der Waals surface area contributed by atoms with E-state index in [1.165, 1.54) is 0 Å². The Bertz CT molecular complexity index is 1670. The maximum Gasteiger partial charge on any atom is 0.242 e. The normalized spacial score (nSPS) is 12.0. The van der Waals surface area contributed by atoms with Crippen molar-refractivity contribution in [2.75, 3.05) is 45.9 Å². The van der Waals surface area contributed by atoms with Gasteiger partial charge < -0.3 is 26.4 Å². The zero-order valence-electron chi connectivity index (χ0n) is 34.6. The second kappa shape index (κ2) is 30.2. The van der Waals surface area contributed by atoms with Crippen molar-refractivity contribution in [2.45, 2.75) is 102 Å². The lowest BCUT2D eigenvalue weighted by atomic mass is 10.0. The summed E-state index contributed by atoms with van der Waals surface area (Å²) in [5.41, 5.74) is 1.83. The highest BCUT2D eigenvalue weighted by molar-refractivity contribution is 5.99. The smallest absolute Gasteiger partial charge is 0.242 e. The van der Waals surface area contributed by atoms with Gasteiger partial charge in [0.1, 0.15) is 12.6 Å². The highest BCUT2D eigenvalue weighted by atomic mass is 16.3. The molecule has 0 saturated heterocycles. The second-order valence-electron chi connectivity index (χ2n) is 14.9. The SMILES string of the molecule is O=C(CO)CCCCCCCCCNC(=O)C(CCCCNCC(=O)c1ccccc1)NC(=O)C(CCCCNCC(=O)c1ccccc1)NCC(=O)c1ccccc1. The summed E-state index contributed by atoms with van der Waals surface area (Å²) in [4.78, 5) is 76.6. The number of aliphatic hydroxyl groups is 1. The number of benzene rings is 3. The minimum atomic E-state index is -0.783. The molecule has 0 aliphatic rings. The molecule has 3 aromatic carbocycles. The number of unbranched alkanes of at least 4 members (excludes halogenated alkanes) is 8. The predicted octanol–water partition coefficient (Wildman–Crippen LogP) is 5.40. The summed E-state index contributed by atoms with van der Waals surface area (Å²) >= 11 is 0. The molecular weight excluding hydrogens is 747 g/mol. The highest BCUT2D eigenvalue weighted by Gasteiger charge is 2.26. The minimum absolute atomic E-state index is 0.00500. The summed E-state index contributed by atoms with van der Waals surface area (Å²) in [6.45, 7) is 1.62. The molecule has 0 radical (unpaired) electrons. The van der Waals surface area contributed by atoms with E-state index in [9.17, 15) is 28.8 Å². The van der Waals surface area contributed by atoms with Gasteiger partial charge in [-0.1, -0.05) is 130 Å². The molecule has 0 fully saturated rings. The number of amides is 2. The molecule has 0 aromatic heterocycles. The molecule has 2 unspecified atom stereocenters. The van der Waals surface area contributed by atoms with Gasteiger partial charge in [0, 0.05) is 29.7 Å². The van der Waals surface area contributed by atoms with Gasteiger partial charge in [-0.3, -0.25) is 34.1 Å². The van der Waals surface area contributed by atoms with Crippen molar-refractivity contribution in [3.63, 3.8) is 0 Å². The molecular formula is C47H65N5O7. The van der Waals surface area contributed by atoms with Gasteiger partial charge in [0.2, 0.25) is 11.8 Å². The van der Waals surface area contributed by atoms with Crippen LogP contribution in [0.15, 0.2) is 91.0 Å². The van der Waals surface area contributed by atoms with E-state index < -0.39 is 18.7 Å². The molecule has 2 atom stereocenters. The lowest BCUT2D eigenvalue weighted by Crippen LogP contribution is -2.53. The highest BCUT2D eigenvalue weighted by Crippen LogP contribution is 2.10. The number of hydrogen-bond donors (Lipinski definition) is 6. The summed E-state index contributed by atoms with van der Waals surface area (Å²) in [6.07, 6.45) is 10.5. The Kier molecular flexibility index (Phi) is 24.8. The first-order valence-electron chi connectivity index (χ1n) is 21.4. The van der Waals surface area contributed by atoms with Gasteiger partial charge in [-0.05, 0) is 58.0 Å². The molecule has 12 heteroatoms. The monoisotopic (exact) mass is 811 g/mol. The van der Waals surface area contributed by atoms with Gasteiger partial charge in [0.15, 0.2) is 23.1 Å². The summed E-state index contributed by atoms with van der Waals surface area (Å²) in [7, 11) is 0. The van der Waals surface area contributed by atoms with Crippen LogP contribution < -0.4 is 26.6 Å². The molecule has 0 aliphatic heterocycles. The number of carbonyl (C=O) groups is 6. The van der Waals surface area contributed by atoms with E-state index in [1.807, 2.05) is 42.5 Å². The van der Waals surface area contributed by atoms with E-state index in [2.05, 4.69) is 26.6 Å². The Hall–Kier alpha value is -4.88. The molecule has 0 saturated carbocycles. The number of hydrogen-bond acceptors (Lipinski definition) is 10. The fraction of sp³-hybridized carbons (Fsp3) is 0.489. The van der Waals surface area contributed by atoms with Gasteiger partial charge in [0.05, 0.1) is 25.7 Å². The first-order chi connectivity index (χ1) is 28.8. The van der Waals surface area contributed by atoms with E-state index in [4.69, 9.17) is 5.11 Å². The Morgan fingerprint density at radius 3 is 1.37 bits per heavy atom. The zero-order valence-corrected chi connectivity index (χ0v) is 34.6. The third-order valence-corrected chi connectivity index (χ3v) is 10.1. The van der Waals surface area contributed by atoms with Crippen LogP contribution in [0.3, 0.4) is 0 Å². The average Bonchev–Trinajstić information content (AvgIpc) is 3.27. The lowest BCUT2D eigenvalue weighted by Gasteiger charge is -2.23. The van der Waals surface area contributed by atoms with E-state index in [0.717, 1.165) is 44.9 Å². The third-order valence-electron chi connectivity index (χ3n) is 10.1. The zero-order chi connectivity index (χ0) is 42.3. The largest absolute Gasteiger partial charge is 0.389 e.